The SMILES string of the molecule is CC(C)c1nc(N)cc(NCCS(N)(=O)=O)n1. The first-order valence-corrected chi connectivity index (χ1v) is 6.88. The number of rotatable bonds is 5. The molecule has 0 aromatic carbocycles. The van der Waals surface area contributed by atoms with E-state index in [-0.39, 0.29) is 18.2 Å². The van der Waals surface area contributed by atoms with Crippen molar-refractivity contribution in [1.29, 1.82) is 0 Å². The fraction of sp³-hybridized carbons (Fsp3) is 0.556. The van der Waals surface area contributed by atoms with E-state index < -0.39 is 10.0 Å². The summed E-state index contributed by atoms with van der Waals surface area (Å²) in [5.41, 5.74) is 5.62. The zero-order chi connectivity index (χ0) is 13.1. The number of primary sulfonamides is 1. The Morgan fingerprint density at radius 3 is 2.59 bits per heavy atom. The zero-order valence-corrected chi connectivity index (χ0v) is 10.7. The Hall–Kier alpha value is -1.41. The molecule has 1 heterocycles. The Balaban J connectivity index is 2.71. The quantitative estimate of drug-likeness (QED) is 0.677. The molecular weight excluding hydrogens is 242 g/mol. The van der Waals surface area contributed by atoms with Crippen LogP contribution in [0.1, 0.15) is 25.6 Å². The van der Waals surface area contributed by atoms with Gasteiger partial charge in [-0.1, -0.05) is 13.8 Å². The summed E-state index contributed by atoms with van der Waals surface area (Å²) in [6.45, 7) is 4.08. The summed E-state index contributed by atoms with van der Waals surface area (Å²) in [4.78, 5) is 8.29. The fourth-order valence-electron chi connectivity index (χ4n) is 1.16. The molecule has 0 aliphatic rings. The van der Waals surface area contributed by atoms with Gasteiger partial charge in [-0.15, -0.1) is 0 Å². The van der Waals surface area contributed by atoms with E-state index in [0.717, 1.165) is 0 Å². The second kappa shape index (κ2) is 5.28. The fourth-order valence-corrected chi connectivity index (χ4v) is 1.54. The van der Waals surface area contributed by atoms with Crippen molar-refractivity contribution in [3.05, 3.63) is 11.9 Å². The highest BCUT2D eigenvalue weighted by molar-refractivity contribution is 7.89. The van der Waals surface area contributed by atoms with Crippen LogP contribution in [0.5, 0.6) is 0 Å². The molecule has 0 bridgehead atoms. The maximum absolute atomic E-state index is 10.7. The summed E-state index contributed by atoms with van der Waals surface area (Å²) in [5, 5.41) is 7.73. The van der Waals surface area contributed by atoms with E-state index in [9.17, 15) is 8.42 Å². The Kier molecular flexibility index (Phi) is 4.24. The van der Waals surface area contributed by atoms with Crippen LogP contribution in [0.2, 0.25) is 0 Å². The van der Waals surface area contributed by atoms with E-state index in [2.05, 4.69) is 15.3 Å². The maximum atomic E-state index is 10.7. The molecule has 0 saturated heterocycles. The third-order valence-corrected chi connectivity index (χ3v) is 2.75. The van der Waals surface area contributed by atoms with Gasteiger partial charge in [0.05, 0.1) is 5.75 Å². The van der Waals surface area contributed by atoms with Gasteiger partial charge in [-0.05, 0) is 0 Å². The van der Waals surface area contributed by atoms with Gasteiger partial charge in [-0.25, -0.2) is 23.5 Å². The van der Waals surface area contributed by atoms with Gasteiger partial charge in [-0.3, -0.25) is 0 Å². The van der Waals surface area contributed by atoms with Gasteiger partial charge in [0.2, 0.25) is 10.0 Å². The van der Waals surface area contributed by atoms with Crippen LogP contribution in [0.25, 0.3) is 0 Å². The number of anilines is 2. The molecular formula is C9H17N5O2S. The first kappa shape index (κ1) is 13.7. The van der Waals surface area contributed by atoms with Gasteiger partial charge < -0.3 is 11.1 Å². The molecule has 5 N–H and O–H groups in total. The molecule has 0 saturated carbocycles. The van der Waals surface area contributed by atoms with E-state index in [1.807, 2.05) is 13.8 Å². The maximum Gasteiger partial charge on any atom is 0.210 e. The van der Waals surface area contributed by atoms with Crippen molar-refractivity contribution in [2.45, 2.75) is 19.8 Å². The summed E-state index contributed by atoms with van der Waals surface area (Å²) < 4.78 is 21.5. The van der Waals surface area contributed by atoms with Crippen LogP contribution < -0.4 is 16.2 Å². The number of aromatic nitrogens is 2. The zero-order valence-electron chi connectivity index (χ0n) is 9.84. The molecule has 0 atom stereocenters. The number of hydrogen-bond acceptors (Lipinski definition) is 6. The van der Waals surface area contributed by atoms with E-state index in [0.29, 0.717) is 17.5 Å². The van der Waals surface area contributed by atoms with Crippen LogP contribution in [0.3, 0.4) is 0 Å². The van der Waals surface area contributed by atoms with Crippen LogP contribution >= 0.6 is 0 Å². The van der Waals surface area contributed by atoms with Crippen LogP contribution in [-0.4, -0.2) is 30.7 Å². The predicted molar refractivity (Wildman–Crippen MR) is 67.0 cm³/mol. The van der Waals surface area contributed by atoms with Crippen molar-refractivity contribution in [3.8, 4) is 0 Å². The summed E-state index contributed by atoms with van der Waals surface area (Å²) in [6.07, 6.45) is 0. The highest BCUT2D eigenvalue weighted by Crippen LogP contribution is 2.14. The summed E-state index contributed by atoms with van der Waals surface area (Å²) >= 11 is 0. The molecule has 0 aliphatic heterocycles. The Labute approximate surface area is 101 Å². The second-order valence-electron chi connectivity index (χ2n) is 3.98. The number of nitrogens with one attached hydrogen (secondary N) is 1. The number of hydrogen-bond donors (Lipinski definition) is 3. The summed E-state index contributed by atoms with van der Waals surface area (Å²) in [7, 11) is -3.47. The van der Waals surface area contributed by atoms with Gasteiger partial charge in [-0.2, -0.15) is 0 Å². The third-order valence-electron chi connectivity index (χ3n) is 1.97. The molecule has 1 rings (SSSR count). The molecule has 96 valence electrons. The van der Waals surface area contributed by atoms with Crippen molar-refractivity contribution in [2.24, 2.45) is 5.14 Å². The van der Waals surface area contributed by atoms with E-state index in [1.165, 1.54) is 0 Å². The number of sulfonamides is 1. The highest BCUT2D eigenvalue weighted by Gasteiger charge is 2.07. The first-order valence-electron chi connectivity index (χ1n) is 5.17. The van der Waals surface area contributed by atoms with Crippen molar-refractivity contribution in [3.63, 3.8) is 0 Å². The van der Waals surface area contributed by atoms with Crippen LogP contribution in [-0.2, 0) is 10.0 Å². The third kappa shape index (κ3) is 4.96. The van der Waals surface area contributed by atoms with Gasteiger partial charge in [0.1, 0.15) is 17.5 Å². The average molecular weight is 259 g/mol. The van der Waals surface area contributed by atoms with Gasteiger partial charge in [0.15, 0.2) is 0 Å². The average Bonchev–Trinajstić information content (AvgIpc) is 2.14. The molecule has 8 heteroatoms. The lowest BCUT2D eigenvalue weighted by Crippen LogP contribution is -2.22. The number of nitrogen functional groups attached to an aromatic ring is 1. The standard InChI is InChI=1S/C9H17N5O2S/c1-6(2)9-13-7(10)5-8(14-9)12-3-4-17(11,15)16/h5-6H,3-4H2,1-2H3,(H2,11,15,16)(H3,10,12,13,14). The van der Waals surface area contributed by atoms with Crippen LogP contribution in [0, 0.1) is 0 Å². The van der Waals surface area contributed by atoms with Gasteiger partial charge in [0.25, 0.3) is 0 Å². The minimum absolute atomic E-state index is 0.150. The lowest BCUT2D eigenvalue weighted by Gasteiger charge is -2.09. The highest BCUT2D eigenvalue weighted by atomic mass is 32.2. The first-order chi connectivity index (χ1) is 7.78. The molecule has 0 radical (unpaired) electrons. The Bertz CT molecular complexity index is 486. The topological polar surface area (TPSA) is 124 Å². The molecule has 1 aromatic rings. The van der Waals surface area contributed by atoms with E-state index >= 15 is 0 Å². The van der Waals surface area contributed by atoms with Crippen molar-refractivity contribution < 1.29 is 8.42 Å². The van der Waals surface area contributed by atoms with Crippen LogP contribution in [0.4, 0.5) is 11.6 Å². The summed E-state index contributed by atoms with van der Waals surface area (Å²) in [6, 6.07) is 1.55. The van der Waals surface area contributed by atoms with Crippen molar-refractivity contribution in [1.82, 2.24) is 9.97 Å². The van der Waals surface area contributed by atoms with Crippen molar-refractivity contribution >= 4 is 21.7 Å². The van der Waals surface area contributed by atoms with E-state index in [4.69, 9.17) is 10.9 Å². The molecule has 17 heavy (non-hydrogen) atoms. The van der Waals surface area contributed by atoms with Gasteiger partial charge >= 0.3 is 0 Å². The Morgan fingerprint density at radius 2 is 2.06 bits per heavy atom. The molecule has 0 amide bonds. The number of nitrogens with zero attached hydrogens (tertiary/aromatic N) is 2. The van der Waals surface area contributed by atoms with Crippen molar-refractivity contribution in [2.75, 3.05) is 23.3 Å². The molecule has 0 aliphatic carbocycles. The molecule has 0 unspecified atom stereocenters. The minimum Gasteiger partial charge on any atom is -0.384 e. The van der Waals surface area contributed by atoms with Crippen LogP contribution in [0.15, 0.2) is 6.07 Å². The molecule has 0 fully saturated rings. The second-order valence-corrected chi connectivity index (χ2v) is 5.72. The largest absolute Gasteiger partial charge is 0.384 e. The lowest BCUT2D eigenvalue weighted by molar-refractivity contribution is 0.598. The van der Waals surface area contributed by atoms with E-state index in [1.54, 1.807) is 6.07 Å². The molecule has 1 aromatic heterocycles. The smallest absolute Gasteiger partial charge is 0.210 e. The minimum atomic E-state index is -3.47. The molecule has 0 spiro atoms. The predicted octanol–water partition coefficient (Wildman–Crippen LogP) is -0.117. The van der Waals surface area contributed by atoms with Gasteiger partial charge in [0, 0.05) is 18.5 Å². The molecule has 7 nitrogen and oxygen atoms in total. The number of nitrogens with two attached hydrogens (primary N) is 2. The lowest BCUT2D eigenvalue weighted by atomic mass is 10.2. The summed E-state index contributed by atoms with van der Waals surface area (Å²) in [5.74, 6) is 1.46. The monoisotopic (exact) mass is 259 g/mol. The Morgan fingerprint density at radius 1 is 1.41 bits per heavy atom. The normalized spacial score (nSPS) is 11.8.